The van der Waals surface area contributed by atoms with Crippen molar-refractivity contribution in [1.29, 1.82) is 0 Å². The molecule has 1 aromatic heterocycles. The van der Waals surface area contributed by atoms with Crippen LogP contribution in [0.5, 0.6) is 0 Å². The van der Waals surface area contributed by atoms with E-state index >= 15 is 0 Å². The summed E-state index contributed by atoms with van der Waals surface area (Å²) in [5.74, 6) is 1.42. The number of hydrogen-bond acceptors (Lipinski definition) is 3. The summed E-state index contributed by atoms with van der Waals surface area (Å²) in [4.78, 5) is 8.75. The maximum Gasteiger partial charge on any atom is 0.161 e. The standard InChI is InChI=1S/C12H10Br2ClN3/c1-2-16-12-9(14)6-17-11(18-12)7-3-4-8(13)10(15)5-7/h3-6H,2H2,1H3,(H,16,17,18). The molecule has 94 valence electrons. The van der Waals surface area contributed by atoms with Crippen molar-refractivity contribution in [2.45, 2.75) is 6.92 Å². The molecule has 0 saturated heterocycles. The van der Waals surface area contributed by atoms with Gasteiger partial charge in [-0.1, -0.05) is 11.6 Å². The van der Waals surface area contributed by atoms with Gasteiger partial charge in [-0.2, -0.15) is 0 Å². The molecule has 0 amide bonds. The molecule has 0 atom stereocenters. The SMILES string of the molecule is CCNc1nc(-c2ccc(Br)c(Cl)c2)ncc1Br. The minimum absolute atomic E-state index is 0.642. The Morgan fingerprint density at radius 3 is 2.72 bits per heavy atom. The third-order valence-electron chi connectivity index (χ3n) is 2.27. The molecule has 0 aliphatic heterocycles. The van der Waals surface area contributed by atoms with Crippen molar-refractivity contribution in [2.24, 2.45) is 0 Å². The van der Waals surface area contributed by atoms with Crippen LogP contribution in [0.15, 0.2) is 33.3 Å². The van der Waals surface area contributed by atoms with Crippen molar-refractivity contribution in [3.05, 3.63) is 38.4 Å². The lowest BCUT2D eigenvalue weighted by atomic mass is 10.2. The molecule has 1 aromatic carbocycles. The number of benzene rings is 1. The van der Waals surface area contributed by atoms with Gasteiger partial charge in [0.2, 0.25) is 0 Å². The number of nitrogens with one attached hydrogen (secondary N) is 1. The fraction of sp³-hybridized carbons (Fsp3) is 0.167. The van der Waals surface area contributed by atoms with Gasteiger partial charge in [0, 0.05) is 22.8 Å². The molecule has 1 N–H and O–H groups in total. The Morgan fingerprint density at radius 1 is 1.28 bits per heavy atom. The third kappa shape index (κ3) is 3.02. The number of rotatable bonds is 3. The molecule has 0 spiro atoms. The zero-order valence-corrected chi connectivity index (χ0v) is 13.5. The Balaban J connectivity index is 2.44. The van der Waals surface area contributed by atoms with Gasteiger partial charge in [-0.15, -0.1) is 0 Å². The van der Waals surface area contributed by atoms with Crippen LogP contribution >= 0.6 is 43.5 Å². The van der Waals surface area contributed by atoms with Crippen molar-refractivity contribution < 1.29 is 0 Å². The van der Waals surface area contributed by atoms with E-state index in [-0.39, 0.29) is 0 Å². The highest BCUT2D eigenvalue weighted by Crippen LogP contribution is 2.28. The molecular formula is C12H10Br2ClN3. The Hall–Kier alpha value is -0.650. The normalized spacial score (nSPS) is 10.4. The monoisotopic (exact) mass is 389 g/mol. The second-order valence-corrected chi connectivity index (χ2v) is 5.67. The lowest BCUT2D eigenvalue weighted by Gasteiger charge is -2.07. The molecule has 0 fully saturated rings. The summed E-state index contributed by atoms with van der Waals surface area (Å²) in [6, 6.07) is 5.65. The highest BCUT2D eigenvalue weighted by atomic mass is 79.9. The lowest BCUT2D eigenvalue weighted by Crippen LogP contribution is -2.02. The van der Waals surface area contributed by atoms with Crippen LogP contribution in [0, 0.1) is 0 Å². The summed E-state index contributed by atoms with van der Waals surface area (Å²) in [5, 5.41) is 3.81. The van der Waals surface area contributed by atoms with E-state index in [0.29, 0.717) is 10.8 Å². The van der Waals surface area contributed by atoms with E-state index in [1.807, 2.05) is 25.1 Å². The molecule has 3 nitrogen and oxygen atoms in total. The first-order chi connectivity index (χ1) is 8.61. The summed E-state index contributed by atoms with van der Waals surface area (Å²) in [6.45, 7) is 2.82. The van der Waals surface area contributed by atoms with Gasteiger partial charge in [-0.25, -0.2) is 9.97 Å². The van der Waals surface area contributed by atoms with Gasteiger partial charge < -0.3 is 5.32 Å². The fourth-order valence-electron chi connectivity index (χ4n) is 1.43. The summed E-state index contributed by atoms with van der Waals surface area (Å²) >= 11 is 12.8. The fourth-order valence-corrected chi connectivity index (χ4v) is 2.19. The van der Waals surface area contributed by atoms with Gasteiger partial charge >= 0.3 is 0 Å². The summed E-state index contributed by atoms with van der Waals surface area (Å²) in [5.41, 5.74) is 0.884. The molecule has 18 heavy (non-hydrogen) atoms. The van der Waals surface area contributed by atoms with Crippen LogP contribution in [0.3, 0.4) is 0 Å². The predicted molar refractivity (Wildman–Crippen MR) is 82.0 cm³/mol. The van der Waals surface area contributed by atoms with Crippen molar-refractivity contribution in [3.8, 4) is 11.4 Å². The molecule has 0 radical (unpaired) electrons. The van der Waals surface area contributed by atoms with E-state index in [9.17, 15) is 0 Å². The molecule has 1 heterocycles. The minimum atomic E-state index is 0.642. The largest absolute Gasteiger partial charge is 0.369 e. The van der Waals surface area contributed by atoms with Crippen LogP contribution in [0.1, 0.15) is 6.92 Å². The molecule has 0 unspecified atom stereocenters. The Morgan fingerprint density at radius 2 is 2.06 bits per heavy atom. The zero-order chi connectivity index (χ0) is 13.1. The number of hydrogen-bond donors (Lipinski definition) is 1. The van der Waals surface area contributed by atoms with Gasteiger partial charge in [0.1, 0.15) is 5.82 Å². The highest BCUT2D eigenvalue weighted by molar-refractivity contribution is 9.11. The van der Waals surface area contributed by atoms with E-state index in [1.165, 1.54) is 0 Å². The van der Waals surface area contributed by atoms with Gasteiger partial charge in [0.15, 0.2) is 5.82 Å². The van der Waals surface area contributed by atoms with Gasteiger partial charge in [0.05, 0.1) is 9.50 Å². The Kier molecular flexibility index (Phi) is 4.59. The molecule has 6 heteroatoms. The Labute approximate surface area is 127 Å². The van der Waals surface area contributed by atoms with Crippen molar-refractivity contribution in [1.82, 2.24) is 9.97 Å². The van der Waals surface area contributed by atoms with Crippen LogP contribution in [0.25, 0.3) is 11.4 Å². The number of anilines is 1. The van der Waals surface area contributed by atoms with E-state index in [1.54, 1.807) is 6.20 Å². The highest BCUT2D eigenvalue weighted by Gasteiger charge is 2.08. The summed E-state index contributed by atoms with van der Waals surface area (Å²) < 4.78 is 1.70. The molecule has 0 aliphatic rings. The van der Waals surface area contributed by atoms with Crippen LogP contribution in [-0.4, -0.2) is 16.5 Å². The number of nitrogens with zero attached hydrogens (tertiary/aromatic N) is 2. The number of halogens is 3. The molecular weight excluding hydrogens is 381 g/mol. The topological polar surface area (TPSA) is 37.8 Å². The third-order valence-corrected chi connectivity index (χ3v) is 4.08. The molecule has 2 rings (SSSR count). The first-order valence-electron chi connectivity index (χ1n) is 5.33. The van der Waals surface area contributed by atoms with Crippen molar-refractivity contribution in [3.63, 3.8) is 0 Å². The molecule has 2 aromatic rings. The predicted octanol–water partition coefficient (Wildman–Crippen LogP) is 4.75. The molecule has 0 bridgehead atoms. The molecule has 0 aliphatic carbocycles. The van der Waals surface area contributed by atoms with Crippen molar-refractivity contribution in [2.75, 3.05) is 11.9 Å². The van der Waals surface area contributed by atoms with Gasteiger partial charge in [0.25, 0.3) is 0 Å². The van der Waals surface area contributed by atoms with Crippen LogP contribution in [0.4, 0.5) is 5.82 Å². The molecule has 0 saturated carbocycles. The van der Waals surface area contributed by atoms with Gasteiger partial charge in [-0.3, -0.25) is 0 Å². The maximum atomic E-state index is 6.07. The van der Waals surface area contributed by atoms with Crippen LogP contribution < -0.4 is 5.32 Å². The summed E-state index contributed by atoms with van der Waals surface area (Å²) in [7, 11) is 0. The van der Waals surface area contributed by atoms with Crippen LogP contribution in [0.2, 0.25) is 5.02 Å². The zero-order valence-electron chi connectivity index (χ0n) is 9.54. The maximum absolute atomic E-state index is 6.07. The smallest absolute Gasteiger partial charge is 0.161 e. The van der Waals surface area contributed by atoms with E-state index in [0.717, 1.165) is 26.9 Å². The number of aromatic nitrogens is 2. The average Bonchev–Trinajstić information content (AvgIpc) is 2.36. The van der Waals surface area contributed by atoms with Crippen LogP contribution in [-0.2, 0) is 0 Å². The summed E-state index contributed by atoms with van der Waals surface area (Å²) in [6.07, 6.45) is 1.73. The Bertz CT molecular complexity index is 575. The van der Waals surface area contributed by atoms with E-state index in [2.05, 4.69) is 47.1 Å². The van der Waals surface area contributed by atoms with E-state index < -0.39 is 0 Å². The van der Waals surface area contributed by atoms with E-state index in [4.69, 9.17) is 11.6 Å². The van der Waals surface area contributed by atoms with Gasteiger partial charge in [-0.05, 0) is 57.0 Å². The lowest BCUT2D eigenvalue weighted by molar-refractivity contribution is 1.10. The second kappa shape index (κ2) is 5.99. The second-order valence-electron chi connectivity index (χ2n) is 3.55. The first kappa shape index (κ1) is 13.8. The quantitative estimate of drug-likeness (QED) is 0.820. The minimum Gasteiger partial charge on any atom is -0.369 e. The average molecular weight is 391 g/mol. The van der Waals surface area contributed by atoms with Crippen molar-refractivity contribution >= 4 is 49.3 Å². The first-order valence-corrected chi connectivity index (χ1v) is 7.30.